The number of carbonyl (C=O) groups is 2. The predicted octanol–water partition coefficient (Wildman–Crippen LogP) is 2.47. The molecule has 2 aromatic heterocycles. The molecule has 2 aromatic carbocycles. The van der Waals surface area contributed by atoms with Crippen molar-refractivity contribution in [1.29, 1.82) is 0 Å². The summed E-state index contributed by atoms with van der Waals surface area (Å²) < 4.78 is 1.79. The fourth-order valence-corrected chi connectivity index (χ4v) is 5.02. The second kappa shape index (κ2) is 10.6. The van der Waals surface area contributed by atoms with Gasteiger partial charge in [0.15, 0.2) is 5.69 Å². The van der Waals surface area contributed by atoms with Crippen LogP contribution >= 0.6 is 0 Å². The summed E-state index contributed by atoms with van der Waals surface area (Å²) >= 11 is 0. The number of nitrogens with one attached hydrogen (secondary N) is 3. The molecule has 2 aliphatic rings. The van der Waals surface area contributed by atoms with E-state index in [0.29, 0.717) is 24.0 Å². The van der Waals surface area contributed by atoms with Gasteiger partial charge in [0.2, 0.25) is 0 Å². The van der Waals surface area contributed by atoms with Gasteiger partial charge < -0.3 is 20.9 Å². The van der Waals surface area contributed by atoms with Crippen LogP contribution in [0.5, 0.6) is 0 Å². The molecule has 2 aliphatic heterocycles. The molecule has 0 unspecified atom stereocenters. The number of rotatable bonds is 6. The van der Waals surface area contributed by atoms with Gasteiger partial charge in [-0.25, -0.2) is 9.48 Å². The van der Waals surface area contributed by atoms with Gasteiger partial charge in [-0.1, -0.05) is 24.3 Å². The van der Waals surface area contributed by atoms with Gasteiger partial charge in [-0.2, -0.15) is 5.10 Å². The summed E-state index contributed by atoms with van der Waals surface area (Å²) in [5.41, 5.74) is 3.72. The Bertz CT molecular complexity index is 1420. The molecular weight excluding hydrogens is 480 g/mol. The number of carbonyl (C=O) groups excluding carboxylic acids is 2. The van der Waals surface area contributed by atoms with Crippen LogP contribution in [-0.2, 0) is 6.54 Å². The van der Waals surface area contributed by atoms with Crippen LogP contribution in [0, 0.1) is 0 Å². The van der Waals surface area contributed by atoms with E-state index in [1.807, 2.05) is 65.6 Å². The zero-order chi connectivity index (χ0) is 25.9. The Balaban J connectivity index is 1.14. The third-order valence-corrected chi connectivity index (χ3v) is 7.15. The largest absolute Gasteiger partial charge is 0.334 e. The zero-order valence-electron chi connectivity index (χ0n) is 21.0. The van der Waals surface area contributed by atoms with Gasteiger partial charge in [0.05, 0.1) is 11.2 Å². The Labute approximate surface area is 220 Å². The minimum atomic E-state index is -0.298. The smallest absolute Gasteiger partial charge is 0.319 e. The average molecular weight is 511 g/mol. The van der Waals surface area contributed by atoms with Crippen molar-refractivity contribution < 1.29 is 9.59 Å². The lowest BCUT2D eigenvalue weighted by atomic mass is 10.0. The first-order valence-electron chi connectivity index (χ1n) is 12.9. The Kier molecular flexibility index (Phi) is 6.72. The number of likely N-dealkylation sites (tertiary alicyclic amines) is 1. The third kappa shape index (κ3) is 4.96. The second-order valence-electron chi connectivity index (χ2n) is 9.64. The molecule has 0 radical (unpaired) electrons. The molecule has 4 aromatic rings. The monoisotopic (exact) mass is 510 g/mol. The lowest BCUT2D eigenvalue weighted by Gasteiger charge is -2.46. The van der Waals surface area contributed by atoms with Crippen LogP contribution in [-0.4, -0.2) is 81.8 Å². The van der Waals surface area contributed by atoms with Crippen molar-refractivity contribution in [2.75, 3.05) is 44.6 Å². The number of piperazine rings is 1. The van der Waals surface area contributed by atoms with E-state index in [0.717, 1.165) is 61.4 Å². The maximum atomic E-state index is 13.4. The van der Waals surface area contributed by atoms with E-state index < -0.39 is 0 Å². The van der Waals surface area contributed by atoms with Crippen LogP contribution in [0.4, 0.5) is 10.5 Å². The number of para-hydroxylation sites is 1. The fraction of sp³-hybridized carbons (Fsp3) is 0.286. The molecule has 38 heavy (non-hydrogen) atoms. The van der Waals surface area contributed by atoms with Crippen LogP contribution < -0.4 is 16.0 Å². The Morgan fingerprint density at radius 1 is 0.974 bits per heavy atom. The van der Waals surface area contributed by atoms with Crippen molar-refractivity contribution in [3.05, 3.63) is 84.3 Å². The number of aromatic nitrogens is 3. The highest BCUT2D eigenvalue weighted by atomic mass is 16.2. The molecule has 0 bridgehead atoms. The number of urea groups is 1. The Morgan fingerprint density at radius 3 is 2.53 bits per heavy atom. The highest BCUT2D eigenvalue weighted by Crippen LogP contribution is 2.26. The fourth-order valence-electron chi connectivity index (χ4n) is 5.02. The number of nitrogens with zero attached hydrogens (tertiary/aromatic N) is 5. The number of hydrogen-bond acceptors (Lipinski definition) is 6. The van der Waals surface area contributed by atoms with Crippen molar-refractivity contribution in [1.82, 2.24) is 35.2 Å². The molecule has 2 fully saturated rings. The number of pyridine rings is 1. The lowest BCUT2D eigenvalue weighted by Crippen LogP contribution is -2.63. The first-order valence-corrected chi connectivity index (χ1v) is 12.9. The quantitative estimate of drug-likeness (QED) is 0.368. The number of fused-ring (bicyclic) bond motifs is 1. The number of benzene rings is 2. The maximum Gasteiger partial charge on any atom is 0.319 e. The molecule has 10 nitrogen and oxygen atoms in total. The van der Waals surface area contributed by atoms with E-state index in [4.69, 9.17) is 5.10 Å². The Hall–Kier alpha value is -4.28. The van der Waals surface area contributed by atoms with E-state index in [2.05, 4.69) is 25.8 Å². The van der Waals surface area contributed by atoms with Crippen molar-refractivity contribution in [3.8, 4) is 5.69 Å². The summed E-state index contributed by atoms with van der Waals surface area (Å²) in [5.74, 6) is -0.0325. The van der Waals surface area contributed by atoms with Crippen LogP contribution in [0.15, 0.2) is 73.1 Å². The zero-order valence-corrected chi connectivity index (χ0v) is 21.0. The minimum absolute atomic E-state index is 0.0325. The molecule has 0 spiro atoms. The first-order chi connectivity index (χ1) is 18.7. The number of anilines is 1. The molecule has 6 rings (SSSR count). The molecule has 0 aliphatic carbocycles. The molecule has 0 saturated carbocycles. The van der Waals surface area contributed by atoms with Crippen molar-refractivity contribution in [2.24, 2.45) is 0 Å². The molecule has 3 amide bonds. The molecular formula is C28H30N8O2. The Morgan fingerprint density at radius 2 is 1.76 bits per heavy atom. The normalized spacial score (nSPS) is 16.3. The molecule has 194 valence electrons. The van der Waals surface area contributed by atoms with Crippen LogP contribution in [0.25, 0.3) is 16.6 Å². The van der Waals surface area contributed by atoms with Gasteiger partial charge in [-0.15, -0.1) is 0 Å². The van der Waals surface area contributed by atoms with E-state index in [9.17, 15) is 9.59 Å². The molecule has 3 N–H and O–H groups in total. The van der Waals surface area contributed by atoms with E-state index in [1.54, 1.807) is 17.1 Å². The summed E-state index contributed by atoms with van der Waals surface area (Å²) in [6.45, 7) is 5.93. The van der Waals surface area contributed by atoms with Crippen LogP contribution in [0.2, 0.25) is 0 Å². The lowest BCUT2D eigenvalue weighted by molar-refractivity contribution is 0.0224. The van der Waals surface area contributed by atoms with Crippen molar-refractivity contribution in [3.63, 3.8) is 0 Å². The van der Waals surface area contributed by atoms with Gasteiger partial charge in [-0.05, 0) is 42.0 Å². The van der Waals surface area contributed by atoms with Gasteiger partial charge in [0.25, 0.3) is 5.91 Å². The SMILES string of the molecule is O=C(NCc1cccnc1)Nc1ccc(-n2nc(C(=O)N3CC(N4CCNCC4)C3)c3ccccc32)cc1. The van der Waals surface area contributed by atoms with Crippen molar-refractivity contribution >= 4 is 28.5 Å². The number of hydrogen-bond donors (Lipinski definition) is 3. The highest BCUT2D eigenvalue weighted by molar-refractivity contribution is 6.05. The first kappa shape index (κ1) is 24.1. The molecule has 4 heterocycles. The summed E-state index contributed by atoms with van der Waals surface area (Å²) in [5, 5.41) is 14.6. The van der Waals surface area contributed by atoms with E-state index in [1.165, 1.54) is 0 Å². The van der Waals surface area contributed by atoms with Crippen LogP contribution in [0.3, 0.4) is 0 Å². The molecule has 10 heteroatoms. The maximum absolute atomic E-state index is 13.4. The minimum Gasteiger partial charge on any atom is -0.334 e. The highest BCUT2D eigenvalue weighted by Gasteiger charge is 2.37. The summed E-state index contributed by atoms with van der Waals surface area (Å²) in [6.07, 6.45) is 3.41. The third-order valence-electron chi connectivity index (χ3n) is 7.15. The second-order valence-corrected chi connectivity index (χ2v) is 9.64. The van der Waals surface area contributed by atoms with Crippen molar-refractivity contribution in [2.45, 2.75) is 12.6 Å². The summed E-state index contributed by atoms with van der Waals surface area (Å²) in [4.78, 5) is 34.1. The number of amides is 3. The molecule has 0 atom stereocenters. The van der Waals surface area contributed by atoms with Gasteiger partial charge in [0, 0.05) is 75.3 Å². The van der Waals surface area contributed by atoms with E-state index >= 15 is 0 Å². The standard InChI is InChI=1S/C28H30N8O2/c37-27(35-18-23(19-35)34-14-12-29-13-15-34)26-24-5-1-2-6-25(24)36(33-26)22-9-7-21(8-10-22)32-28(38)31-17-20-4-3-11-30-16-20/h1-11,16,23,29H,12-15,17-19H2,(H2,31,32,38). The summed E-state index contributed by atoms with van der Waals surface area (Å²) in [7, 11) is 0. The molecule has 2 saturated heterocycles. The van der Waals surface area contributed by atoms with Gasteiger partial charge in [0.1, 0.15) is 0 Å². The predicted molar refractivity (Wildman–Crippen MR) is 145 cm³/mol. The average Bonchev–Trinajstić information content (AvgIpc) is 3.32. The van der Waals surface area contributed by atoms with Gasteiger partial charge in [-0.3, -0.25) is 14.7 Å². The van der Waals surface area contributed by atoms with Crippen LogP contribution in [0.1, 0.15) is 16.1 Å². The topological polar surface area (TPSA) is 107 Å². The summed E-state index contributed by atoms with van der Waals surface area (Å²) in [6, 6.07) is 19.1. The van der Waals surface area contributed by atoms with E-state index in [-0.39, 0.29) is 11.9 Å². The van der Waals surface area contributed by atoms with Gasteiger partial charge >= 0.3 is 6.03 Å².